The number of hydrogen-bond donors (Lipinski definition) is 1. The quantitative estimate of drug-likeness (QED) is 0.699. The molecular formula is C15H24FNO2. The normalized spacial score (nSPS) is 11.0. The molecule has 1 N–H and O–H groups in total. The summed E-state index contributed by atoms with van der Waals surface area (Å²) in [5, 5.41) is 3.21. The molecule has 1 aromatic rings. The lowest BCUT2D eigenvalue weighted by Gasteiger charge is -2.09. The Morgan fingerprint density at radius 3 is 2.79 bits per heavy atom. The van der Waals surface area contributed by atoms with Gasteiger partial charge < -0.3 is 14.8 Å². The summed E-state index contributed by atoms with van der Waals surface area (Å²) < 4.78 is 24.2. The molecule has 0 spiro atoms. The Morgan fingerprint density at radius 1 is 1.32 bits per heavy atom. The van der Waals surface area contributed by atoms with Crippen LogP contribution in [0.15, 0.2) is 18.2 Å². The third kappa shape index (κ3) is 6.03. The van der Waals surface area contributed by atoms with E-state index < -0.39 is 0 Å². The van der Waals surface area contributed by atoms with Crippen LogP contribution in [-0.2, 0) is 11.3 Å². The van der Waals surface area contributed by atoms with E-state index in [4.69, 9.17) is 9.47 Å². The Hall–Kier alpha value is -1.13. The summed E-state index contributed by atoms with van der Waals surface area (Å²) >= 11 is 0. The fraction of sp³-hybridized carbons (Fsp3) is 0.600. The van der Waals surface area contributed by atoms with Crippen LogP contribution in [0.25, 0.3) is 0 Å². The second kappa shape index (κ2) is 8.88. The molecule has 3 nitrogen and oxygen atoms in total. The molecule has 0 radical (unpaired) electrons. The van der Waals surface area contributed by atoms with Gasteiger partial charge in [-0.05, 0) is 24.9 Å². The van der Waals surface area contributed by atoms with Crippen LogP contribution in [0.3, 0.4) is 0 Å². The number of methoxy groups -OCH3 is 1. The molecule has 1 rings (SSSR count). The highest BCUT2D eigenvalue weighted by molar-refractivity contribution is 5.30. The Balaban J connectivity index is 2.19. The van der Waals surface area contributed by atoms with E-state index in [2.05, 4.69) is 19.2 Å². The first kappa shape index (κ1) is 15.9. The summed E-state index contributed by atoms with van der Waals surface area (Å²) in [6, 6.07) is 5.18. The lowest BCUT2D eigenvalue weighted by atomic mass is 10.2. The molecule has 0 fully saturated rings. The van der Waals surface area contributed by atoms with Gasteiger partial charge >= 0.3 is 0 Å². The number of nitrogens with one attached hydrogen (secondary N) is 1. The molecule has 0 saturated heterocycles. The van der Waals surface area contributed by atoms with Crippen molar-refractivity contribution in [2.45, 2.75) is 26.8 Å². The average molecular weight is 269 g/mol. The van der Waals surface area contributed by atoms with Gasteiger partial charge in [0.15, 0.2) is 11.6 Å². The van der Waals surface area contributed by atoms with Crippen molar-refractivity contribution in [3.63, 3.8) is 0 Å². The van der Waals surface area contributed by atoms with E-state index >= 15 is 0 Å². The second-order valence-electron chi connectivity index (χ2n) is 4.93. The summed E-state index contributed by atoms with van der Waals surface area (Å²) in [5.74, 6) is 0.576. The average Bonchev–Trinajstić information content (AvgIpc) is 2.39. The first-order valence-electron chi connectivity index (χ1n) is 6.75. The van der Waals surface area contributed by atoms with Crippen LogP contribution in [0.1, 0.15) is 25.8 Å². The molecule has 0 atom stereocenters. The van der Waals surface area contributed by atoms with Crippen molar-refractivity contribution in [2.24, 2.45) is 5.92 Å². The van der Waals surface area contributed by atoms with Crippen molar-refractivity contribution in [3.05, 3.63) is 29.6 Å². The lowest BCUT2D eigenvalue weighted by molar-refractivity contribution is 0.108. The summed E-state index contributed by atoms with van der Waals surface area (Å²) in [6.07, 6.45) is 0.929. The molecule has 0 aliphatic carbocycles. The molecule has 0 aliphatic heterocycles. The second-order valence-corrected chi connectivity index (χ2v) is 4.93. The SMILES string of the molecule is COc1cccc(CNCCCOCC(C)C)c1F. The van der Waals surface area contributed by atoms with Gasteiger partial charge in [-0.15, -0.1) is 0 Å². The van der Waals surface area contributed by atoms with E-state index in [0.29, 0.717) is 23.8 Å². The minimum atomic E-state index is -0.284. The Labute approximate surface area is 115 Å². The molecule has 0 aliphatic rings. The van der Waals surface area contributed by atoms with E-state index in [1.165, 1.54) is 7.11 Å². The molecular weight excluding hydrogens is 245 g/mol. The van der Waals surface area contributed by atoms with Crippen molar-refractivity contribution < 1.29 is 13.9 Å². The van der Waals surface area contributed by atoms with Crippen molar-refractivity contribution in [2.75, 3.05) is 26.9 Å². The van der Waals surface area contributed by atoms with E-state index in [-0.39, 0.29) is 5.82 Å². The van der Waals surface area contributed by atoms with E-state index in [1.54, 1.807) is 18.2 Å². The van der Waals surface area contributed by atoms with Crippen LogP contribution in [0, 0.1) is 11.7 Å². The van der Waals surface area contributed by atoms with Crippen LogP contribution >= 0.6 is 0 Å². The maximum absolute atomic E-state index is 13.8. The first-order chi connectivity index (χ1) is 9.15. The minimum absolute atomic E-state index is 0.284. The Bertz CT molecular complexity index is 369. The first-order valence-corrected chi connectivity index (χ1v) is 6.75. The topological polar surface area (TPSA) is 30.5 Å². The molecule has 0 unspecified atom stereocenters. The third-order valence-corrected chi connectivity index (χ3v) is 2.67. The van der Waals surface area contributed by atoms with Crippen molar-refractivity contribution >= 4 is 0 Å². The van der Waals surface area contributed by atoms with Gasteiger partial charge in [-0.1, -0.05) is 26.0 Å². The highest BCUT2D eigenvalue weighted by atomic mass is 19.1. The van der Waals surface area contributed by atoms with Crippen LogP contribution < -0.4 is 10.1 Å². The highest BCUT2D eigenvalue weighted by Gasteiger charge is 2.07. The zero-order valence-electron chi connectivity index (χ0n) is 12.0. The van der Waals surface area contributed by atoms with E-state index in [0.717, 1.165) is 26.2 Å². The fourth-order valence-electron chi connectivity index (χ4n) is 1.69. The van der Waals surface area contributed by atoms with Gasteiger partial charge in [0, 0.05) is 25.3 Å². The van der Waals surface area contributed by atoms with Gasteiger partial charge in [-0.2, -0.15) is 0 Å². The number of ether oxygens (including phenoxy) is 2. The predicted octanol–water partition coefficient (Wildman–Crippen LogP) is 2.99. The lowest BCUT2D eigenvalue weighted by Crippen LogP contribution is -2.17. The number of hydrogen-bond acceptors (Lipinski definition) is 3. The molecule has 0 heterocycles. The summed E-state index contributed by atoms with van der Waals surface area (Å²) in [6.45, 7) is 7.12. The smallest absolute Gasteiger partial charge is 0.169 e. The van der Waals surface area contributed by atoms with Crippen molar-refractivity contribution in [1.82, 2.24) is 5.32 Å². The van der Waals surface area contributed by atoms with Gasteiger partial charge in [0.25, 0.3) is 0 Å². The molecule has 0 saturated carbocycles. The maximum Gasteiger partial charge on any atom is 0.169 e. The summed E-state index contributed by atoms with van der Waals surface area (Å²) in [7, 11) is 1.47. The van der Waals surface area contributed by atoms with Crippen molar-refractivity contribution in [3.8, 4) is 5.75 Å². The van der Waals surface area contributed by atoms with Crippen LogP contribution in [-0.4, -0.2) is 26.9 Å². The van der Waals surface area contributed by atoms with Gasteiger partial charge in [0.1, 0.15) is 0 Å². The predicted molar refractivity (Wildman–Crippen MR) is 74.9 cm³/mol. The molecule has 4 heteroatoms. The molecule has 0 amide bonds. The van der Waals surface area contributed by atoms with Gasteiger partial charge in [0.2, 0.25) is 0 Å². The third-order valence-electron chi connectivity index (χ3n) is 2.67. The van der Waals surface area contributed by atoms with Crippen LogP contribution in [0.2, 0.25) is 0 Å². The monoisotopic (exact) mass is 269 g/mol. The van der Waals surface area contributed by atoms with E-state index in [1.807, 2.05) is 0 Å². The van der Waals surface area contributed by atoms with Crippen LogP contribution in [0.5, 0.6) is 5.75 Å². The largest absolute Gasteiger partial charge is 0.494 e. The Kier molecular flexibility index (Phi) is 7.45. The Morgan fingerprint density at radius 2 is 2.11 bits per heavy atom. The minimum Gasteiger partial charge on any atom is -0.494 e. The number of benzene rings is 1. The van der Waals surface area contributed by atoms with Gasteiger partial charge in [-0.3, -0.25) is 0 Å². The maximum atomic E-state index is 13.8. The zero-order valence-corrected chi connectivity index (χ0v) is 12.0. The number of rotatable bonds is 9. The summed E-state index contributed by atoms with van der Waals surface area (Å²) in [4.78, 5) is 0. The highest BCUT2D eigenvalue weighted by Crippen LogP contribution is 2.19. The number of halogens is 1. The summed E-state index contributed by atoms with van der Waals surface area (Å²) in [5.41, 5.74) is 0.627. The van der Waals surface area contributed by atoms with E-state index in [9.17, 15) is 4.39 Å². The molecule has 1 aromatic carbocycles. The fourth-order valence-corrected chi connectivity index (χ4v) is 1.69. The van der Waals surface area contributed by atoms with Crippen LogP contribution in [0.4, 0.5) is 4.39 Å². The zero-order chi connectivity index (χ0) is 14.1. The molecule has 0 aromatic heterocycles. The molecule has 0 bridgehead atoms. The molecule has 19 heavy (non-hydrogen) atoms. The van der Waals surface area contributed by atoms with Crippen molar-refractivity contribution in [1.29, 1.82) is 0 Å². The van der Waals surface area contributed by atoms with Gasteiger partial charge in [-0.25, -0.2) is 4.39 Å². The standard InChI is InChI=1S/C15H24FNO2/c1-12(2)11-19-9-5-8-17-10-13-6-4-7-14(18-3)15(13)16/h4,6-7,12,17H,5,8-11H2,1-3H3. The van der Waals surface area contributed by atoms with Gasteiger partial charge in [0.05, 0.1) is 7.11 Å². The molecule has 108 valence electrons.